The first-order valence-electron chi connectivity index (χ1n) is 20.7. The molecule has 0 aromatic heterocycles. The van der Waals surface area contributed by atoms with E-state index in [0.717, 1.165) is 31.2 Å². The summed E-state index contributed by atoms with van der Waals surface area (Å²) in [6.07, 6.45) is 6.50. The molecule has 0 saturated carbocycles. The van der Waals surface area contributed by atoms with Crippen molar-refractivity contribution >= 4 is 35.6 Å². The van der Waals surface area contributed by atoms with E-state index < -0.39 is 78.2 Å². The highest BCUT2D eigenvalue weighted by Gasteiger charge is 2.56. The molecule has 5 N–H and O–H groups in total. The second-order valence-electron chi connectivity index (χ2n) is 16.4. The second kappa shape index (κ2) is 21.1. The van der Waals surface area contributed by atoms with Crippen LogP contribution in [0.4, 0.5) is 4.79 Å². The maximum Gasteiger partial charge on any atom is 0.408 e. The standard InChI is InChI=1S/C44H60N6O9/c1-44(2)25-31-34(59-44)27-50-37(31)39(53)46-32(38(52)40(54)45-26-35(51)48-36(42(56)49(3)4)30-21-15-12-16-22-30)23-17-9-7-5-6-8-10-18-24-33(41(50)55)47-43(57)58-28-29-19-13-11-14-20-29/h5-6,11-16,19-22,31-34,36-38,52H,7-10,17-18,23-28H2,1-4H3,(H,45,54)(H,46,53)(H,47,57)(H,48,51)/t31-,32-,33-,34-,36-,37-,38?/m0/s1. The van der Waals surface area contributed by atoms with E-state index in [4.69, 9.17) is 9.47 Å². The smallest absolute Gasteiger partial charge is 0.408 e. The zero-order valence-corrected chi connectivity index (χ0v) is 34.6. The van der Waals surface area contributed by atoms with Crippen LogP contribution in [0.25, 0.3) is 0 Å². The van der Waals surface area contributed by atoms with Crippen LogP contribution in [0, 0.1) is 5.92 Å². The van der Waals surface area contributed by atoms with Crippen molar-refractivity contribution in [3.63, 3.8) is 0 Å². The number of carbonyl (C=O) groups excluding carboxylic acids is 6. The molecule has 5 rings (SSSR count). The highest BCUT2D eigenvalue weighted by Crippen LogP contribution is 2.43. The number of carbonyl (C=O) groups is 6. The van der Waals surface area contributed by atoms with Crippen LogP contribution >= 0.6 is 0 Å². The fourth-order valence-corrected chi connectivity index (χ4v) is 8.11. The average molecular weight is 817 g/mol. The fraction of sp³-hybridized carbons (Fsp3) is 0.545. The monoisotopic (exact) mass is 816 g/mol. The van der Waals surface area contributed by atoms with Crippen molar-refractivity contribution in [2.45, 2.75) is 120 Å². The minimum Gasteiger partial charge on any atom is -0.445 e. The number of alkyl carbamates (subject to hydrolysis) is 1. The van der Waals surface area contributed by atoms with Crippen molar-refractivity contribution in [3.05, 3.63) is 83.9 Å². The van der Waals surface area contributed by atoms with Crippen LogP contribution in [-0.2, 0) is 40.1 Å². The second-order valence-corrected chi connectivity index (χ2v) is 16.4. The van der Waals surface area contributed by atoms with E-state index in [1.165, 1.54) is 9.80 Å². The van der Waals surface area contributed by atoms with Gasteiger partial charge in [-0.2, -0.15) is 0 Å². The molecule has 6 amide bonds. The van der Waals surface area contributed by atoms with Crippen molar-refractivity contribution in [1.29, 1.82) is 0 Å². The minimum absolute atomic E-state index is 0.0203. The minimum atomic E-state index is -1.75. The van der Waals surface area contributed by atoms with E-state index in [9.17, 15) is 33.9 Å². The number of allylic oxidation sites excluding steroid dienone is 2. The Balaban J connectivity index is 1.32. The Labute approximate surface area is 346 Å². The first kappa shape index (κ1) is 44.8. The predicted octanol–water partition coefficient (Wildman–Crippen LogP) is 3.27. The summed E-state index contributed by atoms with van der Waals surface area (Å²) in [4.78, 5) is 84.4. The lowest BCUT2D eigenvalue weighted by Crippen LogP contribution is -2.58. The number of aliphatic hydroxyl groups excluding tert-OH is 1. The lowest BCUT2D eigenvalue weighted by molar-refractivity contribution is -0.143. The van der Waals surface area contributed by atoms with Crippen LogP contribution in [0.5, 0.6) is 0 Å². The van der Waals surface area contributed by atoms with Gasteiger partial charge < -0.3 is 45.6 Å². The van der Waals surface area contributed by atoms with Gasteiger partial charge in [-0.3, -0.25) is 24.0 Å². The molecule has 2 aromatic rings. The van der Waals surface area contributed by atoms with Gasteiger partial charge >= 0.3 is 6.09 Å². The number of benzene rings is 2. The normalized spacial score (nSPS) is 24.6. The quantitative estimate of drug-likeness (QED) is 0.224. The predicted molar refractivity (Wildman–Crippen MR) is 219 cm³/mol. The molecule has 3 aliphatic rings. The lowest BCUT2D eigenvalue weighted by atomic mass is 9.89. The van der Waals surface area contributed by atoms with Crippen LogP contribution in [0.2, 0.25) is 0 Å². The van der Waals surface area contributed by atoms with Crippen molar-refractivity contribution in [2.75, 3.05) is 27.2 Å². The highest BCUT2D eigenvalue weighted by atomic mass is 16.5. The number of likely N-dealkylation sites (N-methyl/N-ethyl adjacent to an activating group) is 1. The molecule has 2 fully saturated rings. The van der Waals surface area contributed by atoms with E-state index >= 15 is 0 Å². The maximum atomic E-state index is 14.5. The van der Waals surface area contributed by atoms with E-state index in [1.54, 1.807) is 44.4 Å². The summed E-state index contributed by atoms with van der Waals surface area (Å²) in [6.45, 7) is 3.47. The molecule has 0 spiro atoms. The first-order chi connectivity index (χ1) is 28.2. The lowest BCUT2D eigenvalue weighted by Gasteiger charge is -2.33. The van der Waals surface area contributed by atoms with Gasteiger partial charge in [0.25, 0.3) is 5.91 Å². The van der Waals surface area contributed by atoms with E-state index in [1.807, 2.05) is 44.2 Å². The van der Waals surface area contributed by atoms with Crippen LogP contribution < -0.4 is 21.3 Å². The molecular weight excluding hydrogens is 757 g/mol. The SMILES string of the molecule is CN(C)C(=O)[C@@H](NC(=O)CNC(=O)C(O)[C@@H]1CCCCC=CCCCC[C@H](NC(=O)OCc2ccccc2)C(=O)N2C[C@@H]3OC(C)(C)C[C@@H]3[C@H]2C(=O)N1)c1ccccc1. The number of rotatable bonds is 10. The molecule has 1 unspecified atom stereocenters. The van der Waals surface area contributed by atoms with Gasteiger partial charge in [-0.25, -0.2) is 4.79 Å². The van der Waals surface area contributed by atoms with Crippen LogP contribution in [0.3, 0.4) is 0 Å². The maximum absolute atomic E-state index is 14.5. The van der Waals surface area contributed by atoms with Gasteiger partial charge in [0.2, 0.25) is 23.6 Å². The van der Waals surface area contributed by atoms with Crippen molar-refractivity contribution in [2.24, 2.45) is 5.92 Å². The third kappa shape index (κ3) is 12.6. The number of hydrogen-bond donors (Lipinski definition) is 5. The van der Waals surface area contributed by atoms with Crippen molar-refractivity contribution < 1.29 is 43.3 Å². The third-order valence-corrected chi connectivity index (χ3v) is 11.1. The summed E-state index contributed by atoms with van der Waals surface area (Å²) < 4.78 is 11.8. The summed E-state index contributed by atoms with van der Waals surface area (Å²) >= 11 is 0. The van der Waals surface area contributed by atoms with Crippen molar-refractivity contribution in [1.82, 2.24) is 31.1 Å². The van der Waals surface area contributed by atoms with Crippen LogP contribution in [0.15, 0.2) is 72.8 Å². The number of aliphatic hydroxyl groups is 1. The van der Waals surface area contributed by atoms with Gasteiger partial charge in [0.05, 0.1) is 24.3 Å². The molecular formula is C44H60N6O9. The van der Waals surface area contributed by atoms with Gasteiger partial charge in [-0.05, 0) is 69.9 Å². The molecule has 0 aliphatic carbocycles. The summed E-state index contributed by atoms with van der Waals surface area (Å²) in [5.41, 5.74) is 0.800. The number of ether oxygens (including phenoxy) is 2. The van der Waals surface area contributed by atoms with Gasteiger partial charge in [0.1, 0.15) is 24.7 Å². The summed E-state index contributed by atoms with van der Waals surface area (Å²) in [5, 5.41) is 22.3. The number of amides is 6. The van der Waals surface area contributed by atoms with Crippen molar-refractivity contribution in [3.8, 4) is 0 Å². The molecule has 0 bridgehead atoms. The van der Waals surface area contributed by atoms with E-state index in [0.29, 0.717) is 31.2 Å². The number of nitrogens with one attached hydrogen (secondary N) is 4. The third-order valence-electron chi connectivity index (χ3n) is 11.1. The van der Waals surface area contributed by atoms with Gasteiger partial charge in [0, 0.05) is 26.6 Å². The number of hydrogen-bond acceptors (Lipinski definition) is 9. The number of fused-ring (bicyclic) bond motifs is 3. The highest BCUT2D eigenvalue weighted by molar-refractivity contribution is 5.94. The zero-order valence-electron chi connectivity index (χ0n) is 34.6. The summed E-state index contributed by atoms with van der Waals surface area (Å²) in [5.74, 6) is -3.28. The zero-order chi connectivity index (χ0) is 42.5. The fourth-order valence-electron chi connectivity index (χ4n) is 8.11. The molecule has 2 saturated heterocycles. The van der Waals surface area contributed by atoms with E-state index in [2.05, 4.69) is 33.4 Å². The Hall–Kier alpha value is -5.28. The van der Waals surface area contributed by atoms with Crippen LogP contribution in [-0.4, -0.2) is 114 Å². The molecule has 59 heavy (non-hydrogen) atoms. The Bertz CT molecular complexity index is 1790. The number of nitrogens with zero attached hydrogens (tertiary/aromatic N) is 2. The molecule has 2 aromatic carbocycles. The van der Waals surface area contributed by atoms with Crippen LogP contribution in [0.1, 0.15) is 88.8 Å². The molecule has 320 valence electrons. The first-order valence-corrected chi connectivity index (χ1v) is 20.7. The molecule has 3 aliphatic heterocycles. The summed E-state index contributed by atoms with van der Waals surface area (Å²) in [6, 6.07) is 13.9. The molecule has 15 heteroatoms. The topological polar surface area (TPSA) is 196 Å². The Kier molecular flexibility index (Phi) is 16.0. The Morgan fingerprint density at radius 3 is 2.25 bits per heavy atom. The van der Waals surface area contributed by atoms with Gasteiger partial charge in [-0.1, -0.05) is 85.7 Å². The van der Waals surface area contributed by atoms with E-state index in [-0.39, 0.29) is 31.4 Å². The summed E-state index contributed by atoms with van der Waals surface area (Å²) in [7, 11) is 3.15. The Morgan fingerprint density at radius 2 is 1.59 bits per heavy atom. The van der Waals surface area contributed by atoms with Gasteiger partial charge in [0.15, 0.2) is 6.10 Å². The largest absolute Gasteiger partial charge is 0.445 e. The molecule has 3 heterocycles. The molecule has 15 nitrogen and oxygen atoms in total. The van der Waals surface area contributed by atoms with Gasteiger partial charge in [-0.15, -0.1) is 0 Å². The molecule has 7 atom stereocenters. The molecule has 0 radical (unpaired) electrons. The Morgan fingerprint density at radius 1 is 0.949 bits per heavy atom. The average Bonchev–Trinajstić information content (AvgIpc) is 3.71.